The molecule has 0 aromatic heterocycles. The molecule has 0 saturated heterocycles. The molecule has 1 aliphatic rings. The zero-order chi connectivity index (χ0) is 21.0. The van der Waals surface area contributed by atoms with Crippen LogP contribution in [0.5, 0.6) is 0 Å². The topological polar surface area (TPSA) is 58.7 Å². The Labute approximate surface area is 175 Å². The van der Waals surface area contributed by atoms with Crippen molar-refractivity contribution < 1.29 is 9.18 Å². The first-order valence-electron chi connectivity index (χ1n) is 9.74. The Bertz CT molecular complexity index is 931. The van der Waals surface area contributed by atoms with Crippen molar-refractivity contribution in [2.45, 2.75) is 31.6 Å². The van der Waals surface area contributed by atoms with Crippen molar-refractivity contribution in [3.05, 3.63) is 77.6 Å². The van der Waals surface area contributed by atoms with Gasteiger partial charge in [0.1, 0.15) is 15.7 Å². The molecule has 2 N–H and O–H groups in total. The SMILES string of the molecule is C=Cc1ccc(F)c(C2=NN(C(C)=O)[C@@](c3ccccc3)([C@@H](CC)CCN)S2)c1. The number of amides is 1. The molecule has 0 saturated carbocycles. The highest BCUT2D eigenvalue weighted by molar-refractivity contribution is 8.15. The Morgan fingerprint density at radius 1 is 1.34 bits per heavy atom. The molecular formula is C23H26FN3OS. The van der Waals surface area contributed by atoms with E-state index in [1.807, 2.05) is 30.3 Å². The summed E-state index contributed by atoms with van der Waals surface area (Å²) < 4.78 is 14.7. The lowest BCUT2D eigenvalue weighted by Gasteiger charge is -2.41. The van der Waals surface area contributed by atoms with Crippen LogP contribution in [0.4, 0.5) is 4.39 Å². The van der Waals surface area contributed by atoms with Gasteiger partial charge in [0.05, 0.1) is 0 Å². The molecule has 1 amide bonds. The Morgan fingerprint density at radius 3 is 2.66 bits per heavy atom. The molecule has 0 bridgehead atoms. The molecule has 29 heavy (non-hydrogen) atoms. The van der Waals surface area contributed by atoms with Crippen LogP contribution in [-0.4, -0.2) is 22.5 Å². The number of carbonyl (C=O) groups is 1. The number of nitrogens with two attached hydrogens (primary N) is 1. The fourth-order valence-electron chi connectivity index (χ4n) is 3.85. The lowest BCUT2D eigenvalue weighted by Crippen LogP contribution is -2.46. The fourth-order valence-corrected chi connectivity index (χ4v) is 5.50. The van der Waals surface area contributed by atoms with Gasteiger partial charge in [0, 0.05) is 12.5 Å². The molecule has 0 aliphatic carbocycles. The summed E-state index contributed by atoms with van der Waals surface area (Å²) in [6.07, 6.45) is 3.20. The van der Waals surface area contributed by atoms with E-state index in [0.717, 1.165) is 24.0 Å². The highest BCUT2D eigenvalue weighted by Gasteiger charge is 2.52. The van der Waals surface area contributed by atoms with Crippen LogP contribution in [0.15, 0.2) is 60.2 Å². The van der Waals surface area contributed by atoms with Crippen molar-refractivity contribution >= 4 is 28.8 Å². The molecule has 2 aromatic rings. The average Bonchev–Trinajstić information content (AvgIpc) is 3.14. The molecule has 0 fully saturated rings. The number of benzene rings is 2. The van der Waals surface area contributed by atoms with E-state index in [-0.39, 0.29) is 17.6 Å². The molecule has 152 valence electrons. The predicted octanol–water partition coefficient (Wildman–Crippen LogP) is 4.95. The number of hydrazone groups is 1. The van der Waals surface area contributed by atoms with Gasteiger partial charge in [0.15, 0.2) is 0 Å². The van der Waals surface area contributed by atoms with Crippen LogP contribution in [0.3, 0.4) is 0 Å². The van der Waals surface area contributed by atoms with Crippen molar-refractivity contribution in [3.8, 4) is 0 Å². The van der Waals surface area contributed by atoms with Crippen LogP contribution in [-0.2, 0) is 9.67 Å². The van der Waals surface area contributed by atoms with Gasteiger partial charge in [-0.1, -0.05) is 67.7 Å². The lowest BCUT2D eigenvalue weighted by atomic mass is 9.86. The monoisotopic (exact) mass is 411 g/mol. The van der Waals surface area contributed by atoms with Gasteiger partial charge in [0.2, 0.25) is 5.91 Å². The first-order chi connectivity index (χ1) is 14.0. The highest BCUT2D eigenvalue weighted by Crippen LogP contribution is 2.54. The third-order valence-electron chi connectivity index (χ3n) is 5.26. The molecule has 4 nitrogen and oxygen atoms in total. The molecular weight excluding hydrogens is 385 g/mol. The molecule has 0 spiro atoms. The molecule has 0 radical (unpaired) electrons. The molecule has 1 heterocycles. The maximum atomic E-state index is 14.7. The summed E-state index contributed by atoms with van der Waals surface area (Å²) in [6.45, 7) is 7.84. The predicted molar refractivity (Wildman–Crippen MR) is 119 cm³/mol. The number of hydrogen-bond donors (Lipinski definition) is 1. The molecule has 2 aromatic carbocycles. The van der Waals surface area contributed by atoms with E-state index < -0.39 is 4.87 Å². The molecule has 3 rings (SSSR count). The standard InChI is InChI=1S/C23H26FN3OS/c1-4-17-11-12-21(24)20(15-17)22-26-27(16(3)28)23(29-22,18(5-2)13-14-25)19-9-7-6-8-10-19/h4,6-12,15,18H,1,5,13-14,25H2,2-3H3/t18-,23-/m0/s1. The first kappa shape index (κ1) is 21.3. The van der Waals surface area contributed by atoms with Crippen LogP contribution < -0.4 is 5.73 Å². The third-order valence-corrected chi connectivity index (χ3v) is 6.81. The number of nitrogens with zero attached hydrogens (tertiary/aromatic N) is 2. The van der Waals surface area contributed by atoms with E-state index in [0.29, 0.717) is 17.2 Å². The van der Waals surface area contributed by atoms with E-state index in [2.05, 4.69) is 18.6 Å². The minimum atomic E-state index is -0.771. The Balaban J connectivity index is 2.20. The molecule has 2 atom stereocenters. The molecule has 0 unspecified atom stereocenters. The third kappa shape index (κ3) is 3.87. The van der Waals surface area contributed by atoms with E-state index in [1.165, 1.54) is 29.8 Å². The zero-order valence-electron chi connectivity index (χ0n) is 16.8. The zero-order valence-corrected chi connectivity index (χ0v) is 17.6. The largest absolute Gasteiger partial charge is 0.330 e. The van der Waals surface area contributed by atoms with Gasteiger partial charge in [0.25, 0.3) is 0 Å². The summed E-state index contributed by atoms with van der Waals surface area (Å²) in [5.74, 6) is -0.510. The second-order valence-electron chi connectivity index (χ2n) is 7.03. The van der Waals surface area contributed by atoms with E-state index in [1.54, 1.807) is 18.2 Å². The fraction of sp³-hybridized carbons (Fsp3) is 0.304. The van der Waals surface area contributed by atoms with E-state index >= 15 is 0 Å². The smallest absolute Gasteiger partial charge is 0.241 e. The maximum Gasteiger partial charge on any atom is 0.241 e. The number of thioether (sulfide) groups is 1. The van der Waals surface area contributed by atoms with Crippen molar-refractivity contribution in [1.29, 1.82) is 0 Å². The van der Waals surface area contributed by atoms with Gasteiger partial charge in [-0.3, -0.25) is 4.79 Å². The summed E-state index contributed by atoms with van der Waals surface area (Å²) >= 11 is 1.43. The van der Waals surface area contributed by atoms with Crippen LogP contribution in [0.25, 0.3) is 6.08 Å². The van der Waals surface area contributed by atoms with Crippen molar-refractivity contribution in [2.24, 2.45) is 16.8 Å². The normalized spacial score (nSPS) is 19.7. The number of rotatable bonds is 7. The van der Waals surface area contributed by atoms with Gasteiger partial charge >= 0.3 is 0 Å². The minimum Gasteiger partial charge on any atom is -0.330 e. The average molecular weight is 412 g/mol. The van der Waals surface area contributed by atoms with E-state index in [4.69, 9.17) is 5.73 Å². The lowest BCUT2D eigenvalue weighted by molar-refractivity contribution is -0.133. The van der Waals surface area contributed by atoms with Gasteiger partial charge < -0.3 is 5.73 Å². The van der Waals surface area contributed by atoms with Crippen LogP contribution in [0, 0.1) is 11.7 Å². The number of hydrogen-bond acceptors (Lipinski definition) is 4. The summed E-state index contributed by atoms with van der Waals surface area (Å²) in [7, 11) is 0. The van der Waals surface area contributed by atoms with Crippen molar-refractivity contribution in [2.75, 3.05) is 6.54 Å². The van der Waals surface area contributed by atoms with Crippen molar-refractivity contribution in [1.82, 2.24) is 5.01 Å². The van der Waals surface area contributed by atoms with Gasteiger partial charge in [-0.15, -0.1) is 0 Å². The minimum absolute atomic E-state index is 0.0516. The summed E-state index contributed by atoms with van der Waals surface area (Å²) in [4.78, 5) is 11.9. The summed E-state index contributed by atoms with van der Waals surface area (Å²) in [5, 5.41) is 6.63. The molecule has 6 heteroatoms. The van der Waals surface area contributed by atoms with Crippen molar-refractivity contribution in [3.63, 3.8) is 0 Å². The number of carbonyl (C=O) groups excluding carboxylic acids is 1. The van der Waals surface area contributed by atoms with Crippen LogP contribution >= 0.6 is 11.8 Å². The maximum absolute atomic E-state index is 14.7. The Hall–Kier alpha value is -2.44. The van der Waals surface area contributed by atoms with Gasteiger partial charge in [-0.05, 0) is 48.6 Å². The Kier molecular flexibility index (Phi) is 6.55. The second kappa shape index (κ2) is 8.93. The second-order valence-corrected chi connectivity index (χ2v) is 8.24. The van der Waals surface area contributed by atoms with Gasteiger partial charge in [-0.2, -0.15) is 5.10 Å². The van der Waals surface area contributed by atoms with Crippen LogP contribution in [0.2, 0.25) is 0 Å². The first-order valence-corrected chi connectivity index (χ1v) is 10.6. The van der Waals surface area contributed by atoms with Crippen LogP contribution in [0.1, 0.15) is 43.4 Å². The van der Waals surface area contributed by atoms with Gasteiger partial charge in [-0.25, -0.2) is 9.40 Å². The quantitative estimate of drug-likeness (QED) is 0.701. The highest BCUT2D eigenvalue weighted by atomic mass is 32.2. The summed E-state index contributed by atoms with van der Waals surface area (Å²) in [5.41, 5.74) is 8.05. The Morgan fingerprint density at radius 2 is 2.07 bits per heavy atom. The number of halogens is 1. The molecule has 1 aliphatic heterocycles. The van der Waals surface area contributed by atoms with E-state index in [9.17, 15) is 9.18 Å². The summed E-state index contributed by atoms with van der Waals surface area (Å²) in [6, 6.07) is 14.6.